The van der Waals surface area contributed by atoms with Crippen molar-refractivity contribution in [2.75, 3.05) is 24.7 Å². The molecule has 1 fully saturated rings. The van der Waals surface area contributed by atoms with Gasteiger partial charge >= 0.3 is 0 Å². The zero-order chi connectivity index (χ0) is 15.1. The van der Waals surface area contributed by atoms with Crippen LogP contribution in [-0.4, -0.2) is 35.6 Å². The van der Waals surface area contributed by atoms with Crippen molar-refractivity contribution >= 4 is 17.4 Å². The summed E-state index contributed by atoms with van der Waals surface area (Å²) in [7, 11) is 0. The number of H-pyrrole nitrogens is 1. The first-order chi connectivity index (χ1) is 10.7. The number of carbonyl (C=O) groups excluding carboxylic acids is 1. The molecule has 1 saturated heterocycles. The van der Waals surface area contributed by atoms with Crippen LogP contribution in [0.4, 0.5) is 15.9 Å². The highest BCUT2D eigenvalue weighted by Gasteiger charge is 2.30. The first-order valence-electron chi connectivity index (χ1n) is 7.41. The summed E-state index contributed by atoms with van der Waals surface area (Å²) in [6.07, 6.45) is 2.09. The second-order valence-corrected chi connectivity index (χ2v) is 5.55. The maximum Gasteiger partial charge on any atom is 0.270 e. The van der Waals surface area contributed by atoms with Gasteiger partial charge in [0.25, 0.3) is 5.91 Å². The van der Waals surface area contributed by atoms with E-state index in [-0.39, 0.29) is 18.5 Å². The second-order valence-electron chi connectivity index (χ2n) is 5.55. The van der Waals surface area contributed by atoms with E-state index in [0.717, 1.165) is 25.9 Å². The van der Waals surface area contributed by atoms with Crippen molar-refractivity contribution in [2.45, 2.75) is 12.8 Å². The summed E-state index contributed by atoms with van der Waals surface area (Å²) >= 11 is 0. The van der Waals surface area contributed by atoms with Crippen LogP contribution in [0.15, 0.2) is 30.3 Å². The lowest BCUT2D eigenvalue weighted by Gasteiger charge is -2.17. The zero-order valence-electron chi connectivity index (χ0n) is 12.0. The summed E-state index contributed by atoms with van der Waals surface area (Å²) in [6, 6.07) is 8.23. The van der Waals surface area contributed by atoms with Crippen LogP contribution >= 0.6 is 0 Å². The molecular weight excluding hydrogens is 285 g/mol. The molecule has 1 N–H and O–H groups in total. The fourth-order valence-corrected chi connectivity index (χ4v) is 3.00. The van der Waals surface area contributed by atoms with Gasteiger partial charge in [-0.25, -0.2) is 4.39 Å². The first kappa shape index (κ1) is 13.2. The minimum Gasteiger partial charge on any atom is -0.469 e. The summed E-state index contributed by atoms with van der Waals surface area (Å²) < 4.78 is 19.5. The van der Waals surface area contributed by atoms with E-state index in [0.29, 0.717) is 22.9 Å². The van der Waals surface area contributed by atoms with E-state index in [1.807, 2.05) is 4.90 Å². The van der Waals surface area contributed by atoms with Gasteiger partial charge in [0.15, 0.2) is 18.3 Å². The molecule has 6 heteroatoms. The van der Waals surface area contributed by atoms with Gasteiger partial charge in [0.1, 0.15) is 11.5 Å². The highest BCUT2D eigenvalue weighted by Crippen LogP contribution is 2.40. The Hall–Kier alpha value is -2.50. The maximum atomic E-state index is 14.0. The number of rotatable bonds is 2. The van der Waals surface area contributed by atoms with Crippen LogP contribution in [0.25, 0.3) is 0 Å². The average Bonchev–Trinajstić information content (AvgIpc) is 3.24. The molecule has 0 radical (unpaired) electrons. The van der Waals surface area contributed by atoms with Gasteiger partial charge < -0.3 is 14.6 Å². The first-order valence-corrected chi connectivity index (χ1v) is 7.41. The van der Waals surface area contributed by atoms with Crippen LogP contribution in [0.2, 0.25) is 0 Å². The third-order valence-corrected chi connectivity index (χ3v) is 4.15. The Labute approximate surface area is 127 Å². The lowest BCUT2D eigenvalue weighted by atomic mass is 10.3. The molecule has 3 heterocycles. The fourth-order valence-electron chi connectivity index (χ4n) is 3.00. The van der Waals surface area contributed by atoms with E-state index < -0.39 is 0 Å². The largest absolute Gasteiger partial charge is 0.469 e. The number of nitrogens with zero attached hydrogens (tertiary/aromatic N) is 2. The number of carbonyl (C=O) groups is 1. The van der Waals surface area contributed by atoms with Crippen LogP contribution < -0.4 is 9.64 Å². The predicted molar refractivity (Wildman–Crippen MR) is 80.0 cm³/mol. The quantitative estimate of drug-likeness (QED) is 0.928. The third-order valence-electron chi connectivity index (χ3n) is 4.15. The molecule has 114 valence electrons. The normalized spacial score (nSPS) is 16.8. The summed E-state index contributed by atoms with van der Waals surface area (Å²) in [5, 5.41) is 0. The summed E-state index contributed by atoms with van der Waals surface area (Å²) in [5.74, 6) is 0.878. The van der Waals surface area contributed by atoms with Gasteiger partial charge in [-0.2, -0.15) is 0 Å². The van der Waals surface area contributed by atoms with Crippen LogP contribution in [0, 0.1) is 5.82 Å². The minimum atomic E-state index is -0.319. The lowest BCUT2D eigenvalue weighted by Crippen LogP contribution is -2.28. The molecule has 5 nitrogen and oxygen atoms in total. The highest BCUT2D eigenvalue weighted by atomic mass is 19.1. The van der Waals surface area contributed by atoms with E-state index in [2.05, 4.69) is 4.98 Å². The van der Waals surface area contributed by atoms with Crippen molar-refractivity contribution in [1.82, 2.24) is 9.88 Å². The van der Waals surface area contributed by atoms with Crippen LogP contribution in [0.3, 0.4) is 0 Å². The number of nitrogens with one attached hydrogen (secondary N) is 1. The number of halogens is 1. The van der Waals surface area contributed by atoms with E-state index >= 15 is 0 Å². The number of benzene rings is 1. The van der Waals surface area contributed by atoms with Gasteiger partial charge in [-0.05, 0) is 25.0 Å². The molecule has 0 spiro atoms. The number of hydrogen-bond acceptors (Lipinski definition) is 3. The Morgan fingerprint density at radius 2 is 2.00 bits per heavy atom. The van der Waals surface area contributed by atoms with E-state index in [1.165, 1.54) is 6.07 Å². The molecule has 0 bridgehead atoms. The molecular formula is C16H16FN3O2. The number of anilines is 2. The third kappa shape index (κ3) is 2.03. The Balaban J connectivity index is 1.65. The zero-order valence-corrected chi connectivity index (χ0v) is 12.0. The summed E-state index contributed by atoms with van der Waals surface area (Å²) in [5.41, 5.74) is 0.927. The molecule has 2 aliphatic rings. The van der Waals surface area contributed by atoms with Gasteiger partial charge in [-0.1, -0.05) is 12.1 Å². The van der Waals surface area contributed by atoms with Crippen molar-refractivity contribution in [3.63, 3.8) is 0 Å². The predicted octanol–water partition coefficient (Wildman–Crippen LogP) is 2.88. The summed E-state index contributed by atoms with van der Waals surface area (Å²) in [4.78, 5) is 19.0. The number of aromatic nitrogens is 1. The molecule has 1 aromatic heterocycles. The number of para-hydroxylation sites is 1. The maximum absolute atomic E-state index is 14.0. The fraction of sp³-hybridized carbons (Fsp3) is 0.312. The van der Waals surface area contributed by atoms with Crippen molar-refractivity contribution in [2.24, 2.45) is 0 Å². The van der Waals surface area contributed by atoms with Gasteiger partial charge in [0.2, 0.25) is 0 Å². The van der Waals surface area contributed by atoms with Crippen molar-refractivity contribution < 1.29 is 13.9 Å². The number of ether oxygens (including phenoxy) is 1. The van der Waals surface area contributed by atoms with E-state index in [1.54, 1.807) is 29.2 Å². The van der Waals surface area contributed by atoms with Crippen molar-refractivity contribution in [3.8, 4) is 5.75 Å². The van der Waals surface area contributed by atoms with Gasteiger partial charge in [0, 0.05) is 19.2 Å². The van der Waals surface area contributed by atoms with Crippen LogP contribution in [0.1, 0.15) is 23.3 Å². The minimum absolute atomic E-state index is 0.0241. The van der Waals surface area contributed by atoms with Gasteiger partial charge in [-0.15, -0.1) is 0 Å². The van der Waals surface area contributed by atoms with Gasteiger partial charge in [-0.3, -0.25) is 9.69 Å². The number of amides is 1. The molecule has 0 atom stereocenters. The van der Waals surface area contributed by atoms with Crippen molar-refractivity contribution in [3.05, 3.63) is 41.8 Å². The molecule has 0 aliphatic carbocycles. The molecule has 2 aromatic rings. The number of hydrogen-bond donors (Lipinski definition) is 1. The Morgan fingerprint density at radius 3 is 2.77 bits per heavy atom. The summed E-state index contributed by atoms with van der Waals surface area (Å²) in [6.45, 7) is 1.82. The van der Waals surface area contributed by atoms with E-state index in [4.69, 9.17) is 4.74 Å². The standard InChI is InChI=1S/C16H16FN3O2/c17-11-5-1-2-6-13(11)20-10-22-14-9-12(18-15(14)20)16(21)19-7-3-4-8-19/h1-2,5-6,9,18H,3-4,7-8,10H2. The monoisotopic (exact) mass is 301 g/mol. The Bertz CT molecular complexity index is 722. The van der Waals surface area contributed by atoms with Crippen molar-refractivity contribution in [1.29, 1.82) is 0 Å². The van der Waals surface area contributed by atoms with Crippen LogP contribution in [0.5, 0.6) is 5.75 Å². The molecule has 2 aliphatic heterocycles. The molecule has 0 unspecified atom stereocenters. The lowest BCUT2D eigenvalue weighted by molar-refractivity contribution is 0.0787. The Morgan fingerprint density at radius 1 is 1.23 bits per heavy atom. The number of likely N-dealkylation sites (tertiary alicyclic amines) is 1. The SMILES string of the molecule is O=C(c1cc2c([nH]1)N(c1ccccc1F)CO2)N1CCCC1. The molecule has 1 amide bonds. The number of fused-ring (bicyclic) bond motifs is 1. The molecule has 1 aromatic carbocycles. The second kappa shape index (κ2) is 5.05. The highest BCUT2D eigenvalue weighted by molar-refractivity contribution is 5.94. The smallest absolute Gasteiger partial charge is 0.270 e. The Kier molecular flexibility index (Phi) is 3.03. The van der Waals surface area contributed by atoms with Gasteiger partial charge in [0.05, 0.1) is 5.69 Å². The van der Waals surface area contributed by atoms with E-state index in [9.17, 15) is 9.18 Å². The molecule has 0 saturated carbocycles. The number of aromatic amines is 1. The molecule has 22 heavy (non-hydrogen) atoms. The average molecular weight is 301 g/mol. The topological polar surface area (TPSA) is 48.6 Å². The molecule has 4 rings (SSSR count). The van der Waals surface area contributed by atoms with Crippen LogP contribution in [-0.2, 0) is 0 Å².